The fourth-order valence-corrected chi connectivity index (χ4v) is 1.88. The second kappa shape index (κ2) is 4.81. The van der Waals surface area contributed by atoms with E-state index < -0.39 is 23.2 Å². The summed E-state index contributed by atoms with van der Waals surface area (Å²) in [6, 6.07) is 3.46. The summed E-state index contributed by atoms with van der Waals surface area (Å²) in [6.07, 6.45) is 2.37. The minimum Gasteiger partial charge on any atom is -0.478 e. The van der Waals surface area contributed by atoms with Gasteiger partial charge >= 0.3 is 5.97 Å². The molecule has 0 saturated carbocycles. The van der Waals surface area contributed by atoms with Crippen LogP contribution in [0.2, 0.25) is 0 Å². The van der Waals surface area contributed by atoms with Crippen LogP contribution in [-0.4, -0.2) is 16.1 Å². The number of rotatable bonds is 2. The van der Waals surface area contributed by atoms with E-state index in [2.05, 4.69) is 20.9 Å². The zero-order chi connectivity index (χ0) is 13.3. The van der Waals surface area contributed by atoms with Gasteiger partial charge in [-0.15, -0.1) is 0 Å². The van der Waals surface area contributed by atoms with Crippen molar-refractivity contribution in [2.24, 2.45) is 0 Å². The molecule has 0 radical (unpaired) electrons. The molecule has 0 bridgehead atoms. The molecule has 3 nitrogen and oxygen atoms in total. The molecule has 2 rings (SSSR count). The monoisotopic (exact) mass is 313 g/mol. The first-order chi connectivity index (χ1) is 8.52. The average molecular weight is 314 g/mol. The molecule has 6 heteroatoms. The highest BCUT2D eigenvalue weighted by atomic mass is 79.9. The third-order valence-corrected chi connectivity index (χ3v) is 2.98. The van der Waals surface area contributed by atoms with E-state index in [1.54, 1.807) is 0 Å². The van der Waals surface area contributed by atoms with E-state index in [-0.39, 0.29) is 15.6 Å². The lowest BCUT2D eigenvalue weighted by molar-refractivity contribution is 0.0697. The Morgan fingerprint density at radius 3 is 2.67 bits per heavy atom. The Morgan fingerprint density at radius 1 is 1.28 bits per heavy atom. The van der Waals surface area contributed by atoms with Crippen molar-refractivity contribution >= 4 is 21.9 Å². The van der Waals surface area contributed by atoms with Crippen molar-refractivity contribution in [2.45, 2.75) is 0 Å². The number of benzene rings is 1. The quantitative estimate of drug-likeness (QED) is 0.863. The van der Waals surface area contributed by atoms with Crippen molar-refractivity contribution in [3.63, 3.8) is 0 Å². The average Bonchev–Trinajstić information content (AvgIpc) is 2.35. The number of aromatic nitrogens is 1. The lowest BCUT2D eigenvalue weighted by Crippen LogP contribution is -2.02. The van der Waals surface area contributed by atoms with E-state index in [0.717, 1.165) is 12.3 Å². The Bertz CT molecular complexity index is 631. The van der Waals surface area contributed by atoms with Gasteiger partial charge in [0.2, 0.25) is 0 Å². The van der Waals surface area contributed by atoms with Crippen LogP contribution in [0.3, 0.4) is 0 Å². The van der Waals surface area contributed by atoms with Gasteiger partial charge in [-0.2, -0.15) is 0 Å². The summed E-state index contributed by atoms with van der Waals surface area (Å²) in [5.74, 6) is -2.97. The molecule has 0 unspecified atom stereocenters. The van der Waals surface area contributed by atoms with Crippen molar-refractivity contribution in [3.8, 4) is 11.1 Å². The summed E-state index contributed by atoms with van der Waals surface area (Å²) in [7, 11) is 0. The molecular formula is C12H6BrF2NO2. The van der Waals surface area contributed by atoms with Gasteiger partial charge in [0.15, 0.2) is 0 Å². The highest BCUT2D eigenvalue weighted by Gasteiger charge is 2.20. The molecule has 0 aliphatic rings. The van der Waals surface area contributed by atoms with Crippen LogP contribution < -0.4 is 0 Å². The van der Waals surface area contributed by atoms with E-state index in [9.17, 15) is 13.6 Å². The van der Waals surface area contributed by atoms with Gasteiger partial charge < -0.3 is 5.11 Å². The molecule has 92 valence electrons. The topological polar surface area (TPSA) is 50.2 Å². The lowest BCUT2D eigenvalue weighted by atomic mass is 10.0. The molecular weight excluding hydrogens is 308 g/mol. The van der Waals surface area contributed by atoms with Crippen LogP contribution in [0.15, 0.2) is 35.1 Å². The standard InChI is InChI=1S/C12H6BrF2NO2/c13-8-1-2-9(14)10(11(8)15)7-5-16-4-3-6(7)12(17)18/h1-5H,(H,17,18). The third-order valence-electron chi connectivity index (χ3n) is 2.36. The van der Waals surface area contributed by atoms with Gasteiger partial charge in [0.1, 0.15) is 11.6 Å². The molecule has 0 saturated heterocycles. The van der Waals surface area contributed by atoms with Crippen LogP contribution in [0, 0.1) is 11.6 Å². The number of carbonyl (C=O) groups is 1. The molecule has 0 aliphatic carbocycles. The molecule has 0 spiro atoms. The highest BCUT2D eigenvalue weighted by molar-refractivity contribution is 9.10. The van der Waals surface area contributed by atoms with Gasteiger partial charge in [-0.1, -0.05) is 0 Å². The first kappa shape index (κ1) is 12.6. The maximum absolute atomic E-state index is 13.9. The smallest absolute Gasteiger partial charge is 0.336 e. The van der Waals surface area contributed by atoms with Gasteiger partial charge in [0.05, 0.1) is 15.6 Å². The minimum atomic E-state index is -1.27. The Balaban J connectivity index is 2.77. The summed E-state index contributed by atoms with van der Waals surface area (Å²) in [5.41, 5.74) is -0.711. The van der Waals surface area contributed by atoms with E-state index in [1.165, 1.54) is 18.3 Å². The number of nitrogens with zero attached hydrogens (tertiary/aromatic N) is 1. The SMILES string of the molecule is O=C(O)c1ccncc1-c1c(F)ccc(Br)c1F. The molecule has 1 heterocycles. The van der Waals surface area contributed by atoms with Crippen molar-refractivity contribution in [1.29, 1.82) is 0 Å². The molecule has 0 amide bonds. The van der Waals surface area contributed by atoms with Crippen LogP contribution in [0.1, 0.15) is 10.4 Å². The van der Waals surface area contributed by atoms with E-state index in [0.29, 0.717) is 0 Å². The summed E-state index contributed by atoms with van der Waals surface area (Å²) >= 11 is 2.93. The highest BCUT2D eigenvalue weighted by Crippen LogP contribution is 2.32. The van der Waals surface area contributed by atoms with E-state index in [1.807, 2.05) is 0 Å². The lowest BCUT2D eigenvalue weighted by Gasteiger charge is -2.09. The number of aromatic carboxylic acids is 1. The molecule has 0 atom stereocenters. The molecule has 0 aliphatic heterocycles. The number of hydrogen-bond acceptors (Lipinski definition) is 2. The summed E-state index contributed by atoms with van der Waals surface area (Å²) in [4.78, 5) is 14.7. The fraction of sp³-hybridized carbons (Fsp3) is 0. The first-order valence-corrected chi connectivity index (χ1v) is 5.63. The van der Waals surface area contributed by atoms with Crippen molar-refractivity contribution in [3.05, 3.63) is 52.3 Å². The van der Waals surface area contributed by atoms with Gasteiger partial charge in [0, 0.05) is 18.0 Å². The minimum absolute atomic E-state index is 0.0547. The van der Waals surface area contributed by atoms with Gasteiger partial charge in [-0.3, -0.25) is 4.98 Å². The number of carboxylic acid groups (broad SMARTS) is 1. The Morgan fingerprint density at radius 2 is 2.00 bits per heavy atom. The van der Waals surface area contributed by atoms with Crippen LogP contribution >= 0.6 is 15.9 Å². The largest absolute Gasteiger partial charge is 0.478 e. The van der Waals surface area contributed by atoms with Gasteiger partial charge in [-0.05, 0) is 34.1 Å². The van der Waals surface area contributed by atoms with Crippen LogP contribution in [-0.2, 0) is 0 Å². The Hall–Kier alpha value is -1.82. The van der Waals surface area contributed by atoms with E-state index >= 15 is 0 Å². The third kappa shape index (κ3) is 2.11. The summed E-state index contributed by atoms with van der Waals surface area (Å²) in [6.45, 7) is 0. The normalized spacial score (nSPS) is 10.4. The number of pyridine rings is 1. The van der Waals surface area contributed by atoms with Crippen LogP contribution in [0.25, 0.3) is 11.1 Å². The maximum Gasteiger partial charge on any atom is 0.336 e. The molecule has 1 N–H and O–H groups in total. The molecule has 1 aromatic carbocycles. The van der Waals surface area contributed by atoms with Crippen molar-refractivity contribution in [2.75, 3.05) is 0 Å². The predicted molar refractivity (Wildman–Crippen MR) is 64.2 cm³/mol. The summed E-state index contributed by atoms with van der Waals surface area (Å²) in [5, 5.41) is 8.99. The Kier molecular flexibility index (Phi) is 3.38. The fourth-order valence-electron chi connectivity index (χ4n) is 1.55. The zero-order valence-corrected chi connectivity index (χ0v) is 10.4. The van der Waals surface area contributed by atoms with E-state index in [4.69, 9.17) is 5.11 Å². The molecule has 2 aromatic rings. The van der Waals surface area contributed by atoms with Crippen LogP contribution in [0.5, 0.6) is 0 Å². The van der Waals surface area contributed by atoms with Crippen LogP contribution in [0.4, 0.5) is 8.78 Å². The zero-order valence-electron chi connectivity index (χ0n) is 8.82. The second-order valence-corrected chi connectivity index (χ2v) is 4.30. The number of halogens is 3. The molecule has 0 fully saturated rings. The predicted octanol–water partition coefficient (Wildman–Crippen LogP) is 3.49. The van der Waals surface area contributed by atoms with Crippen molar-refractivity contribution in [1.82, 2.24) is 4.98 Å². The Labute approximate surface area is 109 Å². The number of carboxylic acids is 1. The maximum atomic E-state index is 13.9. The van der Waals surface area contributed by atoms with Crippen molar-refractivity contribution < 1.29 is 18.7 Å². The molecule has 1 aromatic heterocycles. The van der Waals surface area contributed by atoms with Gasteiger partial charge in [0.25, 0.3) is 0 Å². The van der Waals surface area contributed by atoms with Gasteiger partial charge in [-0.25, -0.2) is 13.6 Å². The summed E-state index contributed by atoms with van der Waals surface area (Å²) < 4.78 is 27.6. The molecule has 18 heavy (non-hydrogen) atoms. The number of hydrogen-bond donors (Lipinski definition) is 1. The first-order valence-electron chi connectivity index (χ1n) is 4.83. The second-order valence-electron chi connectivity index (χ2n) is 3.44.